The normalized spacial score (nSPS) is 18.1. The van der Waals surface area contributed by atoms with Crippen LogP contribution in [0.15, 0.2) is 41.8 Å². The van der Waals surface area contributed by atoms with Gasteiger partial charge in [-0.2, -0.15) is 0 Å². The molecular weight excluding hydrogens is 332 g/mol. The third-order valence-corrected chi connectivity index (χ3v) is 5.39. The summed E-state index contributed by atoms with van der Waals surface area (Å²) in [4.78, 5) is 13.8. The number of ether oxygens (including phenoxy) is 1. The molecule has 1 amide bonds. The maximum absolute atomic E-state index is 12.5. The van der Waals surface area contributed by atoms with Crippen LogP contribution < -0.4 is 15.4 Å². The minimum Gasteiger partial charge on any atom is -0.493 e. The van der Waals surface area contributed by atoms with Crippen LogP contribution in [0.3, 0.4) is 0 Å². The van der Waals surface area contributed by atoms with Crippen LogP contribution in [0, 0.1) is 5.41 Å². The average molecular weight is 359 g/mol. The molecule has 3 rings (SSSR count). The molecule has 2 atom stereocenters. The monoisotopic (exact) mass is 358 g/mol. The summed E-state index contributed by atoms with van der Waals surface area (Å²) in [5, 5.41) is 8.67. The molecule has 25 heavy (non-hydrogen) atoms. The number of amides is 1. The van der Waals surface area contributed by atoms with Crippen LogP contribution in [0.4, 0.5) is 0 Å². The zero-order valence-corrected chi connectivity index (χ0v) is 15.9. The minimum absolute atomic E-state index is 0.0208. The van der Waals surface area contributed by atoms with Crippen molar-refractivity contribution in [2.24, 2.45) is 5.41 Å². The molecule has 0 saturated carbocycles. The Balaban J connectivity index is 1.61. The summed E-state index contributed by atoms with van der Waals surface area (Å²) in [6.45, 7) is 7.51. The second-order valence-electron chi connectivity index (χ2n) is 7.49. The lowest BCUT2D eigenvalue weighted by molar-refractivity contribution is -0.121. The zero-order valence-electron chi connectivity index (χ0n) is 15.0. The van der Waals surface area contributed by atoms with Gasteiger partial charge in [-0.1, -0.05) is 45.0 Å². The van der Waals surface area contributed by atoms with Crippen LogP contribution in [0.25, 0.3) is 0 Å². The Morgan fingerprint density at radius 3 is 2.80 bits per heavy atom. The lowest BCUT2D eigenvalue weighted by Crippen LogP contribution is -2.41. The first kappa shape index (κ1) is 18.0. The lowest BCUT2D eigenvalue weighted by Gasteiger charge is -2.31. The molecule has 1 aliphatic heterocycles. The van der Waals surface area contributed by atoms with Gasteiger partial charge in [0.25, 0.3) is 0 Å². The van der Waals surface area contributed by atoms with Gasteiger partial charge in [-0.25, -0.2) is 0 Å². The molecule has 1 aromatic heterocycles. The quantitative estimate of drug-likeness (QED) is 0.847. The van der Waals surface area contributed by atoms with Crippen LogP contribution in [0.2, 0.25) is 0 Å². The Bertz CT molecular complexity index is 707. The number of para-hydroxylation sites is 1. The average Bonchev–Trinajstić information content (AvgIpc) is 3.08. The van der Waals surface area contributed by atoms with E-state index < -0.39 is 0 Å². The van der Waals surface area contributed by atoms with E-state index in [0.29, 0.717) is 13.2 Å². The summed E-state index contributed by atoms with van der Waals surface area (Å²) in [7, 11) is 0. The van der Waals surface area contributed by atoms with E-state index in [4.69, 9.17) is 4.74 Å². The van der Waals surface area contributed by atoms with Crippen molar-refractivity contribution < 1.29 is 9.53 Å². The maximum Gasteiger partial charge on any atom is 0.234 e. The number of carbonyl (C=O) groups is 1. The van der Waals surface area contributed by atoms with Gasteiger partial charge >= 0.3 is 0 Å². The summed E-state index contributed by atoms with van der Waals surface area (Å²) in [6, 6.07) is 12.3. The fourth-order valence-electron chi connectivity index (χ4n) is 3.22. The van der Waals surface area contributed by atoms with Crippen molar-refractivity contribution in [3.8, 4) is 5.75 Å². The number of hydrogen-bond acceptors (Lipinski definition) is 4. The first-order valence-corrected chi connectivity index (χ1v) is 9.61. The third-order valence-electron chi connectivity index (χ3n) is 4.45. The van der Waals surface area contributed by atoms with Gasteiger partial charge in [0.05, 0.1) is 19.2 Å². The van der Waals surface area contributed by atoms with Gasteiger partial charge in [0, 0.05) is 22.9 Å². The topological polar surface area (TPSA) is 50.4 Å². The number of hydrogen-bond donors (Lipinski definition) is 2. The van der Waals surface area contributed by atoms with Gasteiger partial charge in [-0.15, -0.1) is 11.3 Å². The molecule has 2 aromatic rings. The van der Waals surface area contributed by atoms with Crippen molar-refractivity contribution in [1.82, 2.24) is 10.6 Å². The Hall–Kier alpha value is -1.85. The number of fused-ring (bicyclic) bond motifs is 1. The SMILES string of the molecule is CC(C)(C)C(NCC(=O)NC1CCOc2ccccc21)c1cccs1. The van der Waals surface area contributed by atoms with Gasteiger partial charge in [0.2, 0.25) is 5.91 Å². The molecule has 2 heterocycles. The fourth-order valence-corrected chi connectivity index (χ4v) is 4.27. The Kier molecular flexibility index (Phi) is 5.45. The molecule has 0 bridgehead atoms. The zero-order chi connectivity index (χ0) is 17.9. The largest absolute Gasteiger partial charge is 0.493 e. The van der Waals surface area contributed by atoms with Gasteiger partial charge in [-0.3, -0.25) is 4.79 Å². The predicted molar refractivity (Wildman–Crippen MR) is 102 cm³/mol. The lowest BCUT2D eigenvalue weighted by atomic mass is 9.86. The van der Waals surface area contributed by atoms with Crippen molar-refractivity contribution in [3.63, 3.8) is 0 Å². The second kappa shape index (κ2) is 7.58. The van der Waals surface area contributed by atoms with Gasteiger partial charge in [0.1, 0.15) is 5.75 Å². The number of benzene rings is 1. The molecule has 2 N–H and O–H groups in total. The summed E-state index contributed by atoms with van der Waals surface area (Å²) < 4.78 is 5.66. The van der Waals surface area contributed by atoms with E-state index in [2.05, 4.69) is 48.9 Å². The molecule has 0 fully saturated rings. The third kappa shape index (κ3) is 4.41. The predicted octanol–water partition coefficient (Wildman–Crippen LogP) is 4.06. The maximum atomic E-state index is 12.5. The van der Waals surface area contributed by atoms with Gasteiger partial charge in [0.15, 0.2) is 0 Å². The summed E-state index contributed by atoms with van der Waals surface area (Å²) in [5.74, 6) is 0.894. The van der Waals surface area contributed by atoms with Crippen LogP contribution in [-0.2, 0) is 4.79 Å². The molecular formula is C20H26N2O2S. The summed E-state index contributed by atoms with van der Waals surface area (Å²) in [6.07, 6.45) is 0.802. The smallest absolute Gasteiger partial charge is 0.234 e. The van der Waals surface area contributed by atoms with E-state index in [9.17, 15) is 4.79 Å². The molecule has 0 aliphatic carbocycles. The van der Waals surface area contributed by atoms with E-state index in [1.54, 1.807) is 11.3 Å². The van der Waals surface area contributed by atoms with E-state index in [0.717, 1.165) is 17.7 Å². The van der Waals surface area contributed by atoms with Crippen molar-refractivity contribution in [2.45, 2.75) is 39.3 Å². The molecule has 0 saturated heterocycles. The fraction of sp³-hybridized carbons (Fsp3) is 0.450. The number of rotatable bonds is 5. The summed E-state index contributed by atoms with van der Waals surface area (Å²) in [5.41, 5.74) is 1.10. The highest BCUT2D eigenvalue weighted by Crippen LogP contribution is 2.35. The Morgan fingerprint density at radius 1 is 1.28 bits per heavy atom. The molecule has 2 unspecified atom stereocenters. The Morgan fingerprint density at radius 2 is 2.08 bits per heavy atom. The molecule has 4 nitrogen and oxygen atoms in total. The van der Waals surface area contributed by atoms with Crippen molar-refractivity contribution >= 4 is 17.2 Å². The Labute approximate surface area is 153 Å². The number of carbonyl (C=O) groups excluding carboxylic acids is 1. The highest BCUT2D eigenvalue weighted by molar-refractivity contribution is 7.10. The van der Waals surface area contributed by atoms with E-state index in [1.165, 1.54) is 4.88 Å². The highest BCUT2D eigenvalue weighted by atomic mass is 32.1. The summed E-state index contributed by atoms with van der Waals surface area (Å²) >= 11 is 1.73. The van der Waals surface area contributed by atoms with Crippen molar-refractivity contribution in [1.29, 1.82) is 0 Å². The molecule has 0 spiro atoms. The van der Waals surface area contributed by atoms with Crippen LogP contribution in [-0.4, -0.2) is 19.1 Å². The van der Waals surface area contributed by atoms with Crippen molar-refractivity contribution in [2.75, 3.05) is 13.2 Å². The van der Waals surface area contributed by atoms with Crippen LogP contribution in [0.1, 0.15) is 49.7 Å². The highest BCUT2D eigenvalue weighted by Gasteiger charge is 2.28. The van der Waals surface area contributed by atoms with E-state index in [-0.39, 0.29) is 23.4 Å². The second-order valence-corrected chi connectivity index (χ2v) is 8.47. The molecule has 134 valence electrons. The molecule has 0 radical (unpaired) electrons. The molecule has 1 aliphatic rings. The first-order valence-electron chi connectivity index (χ1n) is 8.73. The van der Waals surface area contributed by atoms with Crippen LogP contribution in [0.5, 0.6) is 5.75 Å². The first-order chi connectivity index (χ1) is 11.9. The van der Waals surface area contributed by atoms with Crippen LogP contribution >= 0.6 is 11.3 Å². The van der Waals surface area contributed by atoms with Crippen molar-refractivity contribution in [3.05, 3.63) is 52.2 Å². The standard InChI is InChI=1S/C20H26N2O2S/c1-20(2,3)19(17-9-6-12-25-17)21-13-18(23)22-15-10-11-24-16-8-5-4-7-14(15)16/h4-9,12,15,19,21H,10-11,13H2,1-3H3,(H,22,23). The number of thiophene rings is 1. The van der Waals surface area contributed by atoms with Gasteiger partial charge < -0.3 is 15.4 Å². The minimum atomic E-state index is 0.0208. The van der Waals surface area contributed by atoms with E-state index >= 15 is 0 Å². The number of nitrogens with one attached hydrogen (secondary N) is 2. The molecule has 5 heteroatoms. The van der Waals surface area contributed by atoms with Gasteiger partial charge in [-0.05, 0) is 22.9 Å². The molecule has 1 aromatic carbocycles. The van der Waals surface area contributed by atoms with E-state index in [1.807, 2.05) is 24.3 Å².